The third-order valence-corrected chi connectivity index (χ3v) is 4.26. The number of fused-ring (bicyclic) bond motifs is 1. The van der Waals surface area contributed by atoms with Crippen LogP contribution in [0.5, 0.6) is 0 Å². The first kappa shape index (κ1) is 14.2. The maximum atomic E-state index is 4.43. The Morgan fingerprint density at radius 2 is 1.95 bits per heavy atom. The van der Waals surface area contributed by atoms with Crippen LogP contribution in [0.1, 0.15) is 17.2 Å². The summed E-state index contributed by atoms with van der Waals surface area (Å²) in [5, 5.41) is 4.65. The average molecular weight is 341 g/mol. The minimum Gasteiger partial charge on any atom is -0.313 e. The topological polar surface area (TPSA) is 24.9 Å². The first-order valence-corrected chi connectivity index (χ1v) is 7.82. The van der Waals surface area contributed by atoms with Crippen LogP contribution in [-0.4, -0.2) is 12.0 Å². The summed E-state index contributed by atoms with van der Waals surface area (Å²) in [6.07, 6.45) is 2.83. The second-order valence-corrected chi connectivity index (χ2v) is 6.00. The summed E-state index contributed by atoms with van der Waals surface area (Å²) < 4.78 is 1.11. The van der Waals surface area contributed by atoms with Crippen molar-refractivity contribution >= 4 is 26.8 Å². The molecule has 1 N–H and O–H groups in total. The fraction of sp³-hybridized carbons (Fsp3) is 0.167. The number of hydrogen-bond acceptors (Lipinski definition) is 2. The van der Waals surface area contributed by atoms with Crippen molar-refractivity contribution in [3.63, 3.8) is 0 Å². The molecule has 3 rings (SSSR count). The lowest BCUT2D eigenvalue weighted by atomic mass is 9.97. The number of pyridine rings is 1. The molecule has 0 fully saturated rings. The van der Waals surface area contributed by atoms with Gasteiger partial charge in [0.1, 0.15) is 0 Å². The summed E-state index contributed by atoms with van der Waals surface area (Å²) in [7, 11) is 2.01. The van der Waals surface area contributed by atoms with Crippen molar-refractivity contribution in [1.29, 1.82) is 0 Å². The van der Waals surface area contributed by atoms with E-state index >= 15 is 0 Å². The molecule has 0 aliphatic heterocycles. The van der Waals surface area contributed by atoms with Gasteiger partial charge in [0.25, 0.3) is 0 Å². The molecule has 1 aromatic heterocycles. The van der Waals surface area contributed by atoms with E-state index in [1.54, 1.807) is 0 Å². The lowest BCUT2D eigenvalue weighted by Crippen LogP contribution is -2.19. The lowest BCUT2D eigenvalue weighted by molar-refractivity contribution is 0.593. The second-order valence-electron chi connectivity index (χ2n) is 5.09. The molecule has 1 heterocycles. The molecule has 2 nitrogen and oxygen atoms in total. The highest BCUT2D eigenvalue weighted by atomic mass is 79.9. The monoisotopic (exact) mass is 340 g/mol. The number of nitrogens with zero attached hydrogens (tertiary/aromatic N) is 1. The Labute approximate surface area is 133 Å². The molecule has 2 aromatic carbocycles. The van der Waals surface area contributed by atoms with Crippen LogP contribution in [0, 0.1) is 0 Å². The standard InChI is InChI=1S/C18H17BrN2/c1-20-18(14-5-4-6-15(19)11-14)12-13-9-10-21-17-8-3-2-7-16(13)17/h2-11,18,20H,12H2,1H3. The summed E-state index contributed by atoms with van der Waals surface area (Å²) >= 11 is 3.55. The number of halogens is 1. The average Bonchev–Trinajstić information content (AvgIpc) is 2.52. The zero-order valence-electron chi connectivity index (χ0n) is 11.9. The van der Waals surface area contributed by atoms with Crippen LogP contribution in [0.4, 0.5) is 0 Å². The summed E-state index contributed by atoms with van der Waals surface area (Å²) in [6.45, 7) is 0. The van der Waals surface area contributed by atoms with E-state index in [1.165, 1.54) is 16.5 Å². The van der Waals surface area contributed by atoms with Crippen molar-refractivity contribution in [2.75, 3.05) is 7.05 Å². The molecule has 0 bridgehead atoms. The Bertz CT molecular complexity index is 750. The number of rotatable bonds is 4. The fourth-order valence-corrected chi connectivity index (χ4v) is 3.08. The van der Waals surface area contributed by atoms with E-state index in [0.29, 0.717) is 0 Å². The molecule has 3 heteroatoms. The van der Waals surface area contributed by atoms with Crippen LogP contribution < -0.4 is 5.32 Å². The third kappa shape index (κ3) is 3.14. The van der Waals surface area contributed by atoms with Gasteiger partial charge in [-0.2, -0.15) is 0 Å². The molecule has 0 aliphatic rings. The van der Waals surface area contributed by atoms with E-state index in [9.17, 15) is 0 Å². The van der Waals surface area contributed by atoms with Gasteiger partial charge in [0.2, 0.25) is 0 Å². The minimum atomic E-state index is 0.285. The molecule has 106 valence electrons. The van der Waals surface area contributed by atoms with Gasteiger partial charge in [-0.15, -0.1) is 0 Å². The summed E-state index contributed by atoms with van der Waals surface area (Å²) in [4.78, 5) is 4.43. The molecule has 0 amide bonds. The SMILES string of the molecule is CNC(Cc1ccnc2ccccc12)c1cccc(Br)c1. The summed E-state index contributed by atoms with van der Waals surface area (Å²) in [6, 6.07) is 19.2. The third-order valence-electron chi connectivity index (χ3n) is 3.76. The van der Waals surface area contributed by atoms with Crippen LogP contribution in [-0.2, 0) is 6.42 Å². The van der Waals surface area contributed by atoms with Gasteiger partial charge in [0.15, 0.2) is 0 Å². The Morgan fingerprint density at radius 1 is 1.10 bits per heavy atom. The number of aromatic nitrogens is 1. The van der Waals surface area contributed by atoms with Gasteiger partial charge < -0.3 is 5.32 Å². The van der Waals surface area contributed by atoms with Crippen LogP contribution in [0.25, 0.3) is 10.9 Å². The molecule has 0 saturated carbocycles. The van der Waals surface area contributed by atoms with Gasteiger partial charge in [-0.1, -0.05) is 46.3 Å². The van der Waals surface area contributed by atoms with Crippen molar-refractivity contribution in [3.05, 3.63) is 76.4 Å². The number of benzene rings is 2. The Morgan fingerprint density at radius 3 is 2.76 bits per heavy atom. The highest BCUT2D eigenvalue weighted by Crippen LogP contribution is 2.25. The van der Waals surface area contributed by atoms with E-state index in [0.717, 1.165) is 16.4 Å². The maximum absolute atomic E-state index is 4.43. The van der Waals surface area contributed by atoms with Crippen molar-refractivity contribution in [2.45, 2.75) is 12.5 Å². The van der Waals surface area contributed by atoms with Crippen LogP contribution in [0.3, 0.4) is 0 Å². The van der Waals surface area contributed by atoms with E-state index in [1.807, 2.05) is 19.3 Å². The van der Waals surface area contributed by atoms with E-state index in [-0.39, 0.29) is 6.04 Å². The highest BCUT2D eigenvalue weighted by molar-refractivity contribution is 9.10. The molecule has 0 spiro atoms. The number of nitrogens with one attached hydrogen (secondary N) is 1. The van der Waals surface area contributed by atoms with Gasteiger partial charge in [0, 0.05) is 22.1 Å². The number of para-hydroxylation sites is 1. The predicted molar refractivity (Wildman–Crippen MR) is 91.4 cm³/mol. The highest BCUT2D eigenvalue weighted by Gasteiger charge is 2.12. The van der Waals surface area contributed by atoms with Crippen molar-refractivity contribution in [3.8, 4) is 0 Å². The smallest absolute Gasteiger partial charge is 0.0704 e. The molecule has 0 radical (unpaired) electrons. The molecule has 1 unspecified atom stereocenters. The van der Waals surface area contributed by atoms with Crippen LogP contribution in [0.15, 0.2) is 65.3 Å². The first-order chi connectivity index (χ1) is 10.3. The molecule has 21 heavy (non-hydrogen) atoms. The lowest BCUT2D eigenvalue weighted by Gasteiger charge is -2.18. The van der Waals surface area contributed by atoms with Gasteiger partial charge >= 0.3 is 0 Å². The van der Waals surface area contributed by atoms with Crippen molar-refractivity contribution < 1.29 is 0 Å². The van der Waals surface area contributed by atoms with E-state index < -0.39 is 0 Å². The second kappa shape index (κ2) is 6.37. The fourth-order valence-electron chi connectivity index (χ4n) is 2.66. The van der Waals surface area contributed by atoms with Gasteiger partial charge in [-0.05, 0) is 48.9 Å². The number of likely N-dealkylation sites (N-methyl/N-ethyl adjacent to an activating group) is 1. The molecule has 0 saturated heterocycles. The molecule has 1 atom stereocenters. The number of hydrogen-bond donors (Lipinski definition) is 1. The quantitative estimate of drug-likeness (QED) is 0.756. The Balaban J connectivity index is 1.96. The van der Waals surface area contributed by atoms with Crippen molar-refractivity contribution in [2.24, 2.45) is 0 Å². The van der Waals surface area contributed by atoms with Gasteiger partial charge in [-0.3, -0.25) is 4.98 Å². The molecular weight excluding hydrogens is 324 g/mol. The van der Waals surface area contributed by atoms with Crippen LogP contribution in [0.2, 0.25) is 0 Å². The molecule has 3 aromatic rings. The minimum absolute atomic E-state index is 0.285. The first-order valence-electron chi connectivity index (χ1n) is 7.03. The zero-order valence-corrected chi connectivity index (χ0v) is 13.5. The largest absolute Gasteiger partial charge is 0.313 e. The molecule has 0 aliphatic carbocycles. The Kier molecular flexibility index (Phi) is 4.32. The normalized spacial score (nSPS) is 12.5. The Hall–Kier alpha value is -1.71. The predicted octanol–water partition coefficient (Wildman–Crippen LogP) is 4.50. The van der Waals surface area contributed by atoms with E-state index in [4.69, 9.17) is 0 Å². The summed E-state index contributed by atoms with van der Waals surface area (Å²) in [5.74, 6) is 0. The van der Waals surface area contributed by atoms with Crippen molar-refractivity contribution in [1.82, 2.24) is 10.3 Å². The van der Waals surface area contributed by atoms with Crippen LogP contribution >= 0.6 is 15.9 Å². The summed E-state index contributed by atoms with van der Waals surface area (Å²) in [5.41, 5.74) is 3.66. The zero-order chi connectivity index (χ0) is 14.7. The van der Waals surface area contributed by atoms with Gasteiger partial charge in [-0.25, -0.2) is 0 Å². The van der Waals surface area contributed by atoms with E-state index in [2.05, 4.69) is 74.8 Å². The van der Waals surface area contributed by atoms with Gasteiger partial charge in [0.05, 0.1) is 5.52 Å². The maximum Gasteiger partial charge on any atom is 0.0704 e. The molecular formula is C18H17BrN2.